The summed E-state index contributed by atoms with van der Waals surface area (Å²) in [5.74, 6) is 0. The minimum atomic E-state index is -0.612. The summed E-state index contributed by atoms with van der Waals surface area (Å²) in [6.45, 7) is 0. The van der Waals surface area contributed by atoms with Crippen molar-refractivity contribution in [3.63, 3.8) is 0 Å². The lowest BCUT2D eigenvalue weighted by Crippen LogP contribution is -2.30. The second-order valence-corrected chi connectivity index (χ2v) is 18.3. The topological polar surface area (TPSA) is 3.24 Å². The normalized spacial score (nSPS) is 13.4. The van der Waals surface area contributed by atoms with Crippen LogP contribution in [0, 0.1) is 0 Å². The van der Waals surface area contributed by atoms with Crippen LogP contribution in [0.15, 0.2) is 285 Å². The molecule has 0 saturated heterocycles. The fraction of sp³-hybridized carbons (Fsp3) is 0.0294. The molecule has 0 heterocycles. The molecule has 11 aromatic rings. The van der Waals surface area contributed by atoms with Gasteiger partial charge < -0.3 is 4.90 Å². The van der Waals surface area contributed by atoms with Crippen LogP contribution in [0.3, 0.4) is 0 Å². The maximum Gasteiger partial charge on any atom is 0.0734 e. The summed E-state index contributed by atoms with van der Waals surface area (Å²) in [5.41, 5.74) is 22.1. The monoisotopic (exact) mass is 877 g/mol. The van der Waals surface area contributed by atoms with E-state index in [2.05, 4.69) is 290 Å². The van der Waals surface area contributed by atoms with Crippen molar-refractivity contribution in [2.45, 2.75) is 10.8 Å². The van der Waals surface area contributed by atoms with Gasteiger partial charge in [-0.25, -0.2) is 0 Å². The van der Waals surface area contributed by atoms with E-state index >= 15 is 0 Å². The summed E-state index contributed by atoms with van der Waals surface area (Å²) >= 11 is 0. The molecule has 13 rings (SSSR count). The minimum absolute atomic E-state index is 0.507. The van der Waals surface area contributed by atoms with Crippen molar-refractivity contribution in [2.75, 3.05) is 4.90 Å². The van der Waals surface area contributed by atoms with Crippen LogP contribution in [0.5, 0.6) is 0 Å². The lowest BCUT2D eigenvalue weighted by Gasteiger charge is -2.38. The highest BCUT2D eigenvalue weighted by Crippen LogP contribution is 2.61. The first-order chi connectivity index (χ1) is 34.2. The second-order valence-electron chi connectivity index (χ2n) is 18.3. The zero-order valence-electron chi connectivity index (χ0n) is 38.1. The van der Waals surface area contributed by atoms with E-state index in [0.717, 1.165) is 22.6 Å². The first-order valence-electron chi connectivity index (χ1n) is 24.0. The average Bonchev–Trinajstić information content (AvgIpc) is 3.92. The molecular formula is C68H47N. The third-order valence-electron chi connectivity index (χ3n) is 14.8. The van der Waals surface area contributed by atoms with E-state index in [1.165, 1.54) is 83.5 Å². The zero-order chi connectivity index (χ0) is 45.8. The van der Waals surface area contributed by atoms with Gasteiger partial charge in [-0.15, -0.1) is 0 Å². The van der Waals surface area contributed by atoms with E-state index in [1.54, 1.807) is 0 Å². The van der Waals surface area contributed by atoms with E-state index in [0.29, 0.717) is 0 Å². The van der Waals surface area contributed by atoms with Gasteiger partial charge >= 0.3 is 0 Å². The molecule has 324 valence electrons. The van der Waals surface area contributed by atoms with Crippen molar-refractivity contribution in [3.05, 3.63) is 330 Å². The maximum atomic E-state index is 2.52. The van der Waals surface area contributed by atoms with Gasteiger partial charge in [-0.05, 0) is 120 Å². The third kappa shape index (κ3) is 6.24. The Kier molecular flexibility index (Phi) is 9.70. The number of hydrogen-bond donors (Lipinski definition) is 0. The van der Waals surface area contributed by atoms with Crippen molar-refractivity contribution in [3.8, 4) is 44.5 Å². The van der Waals surface area contributed by atoms with E-state index in [4.69, 9.17) is 0 Å². The maximum absolute atomic E-state index is 2.52. The fourth-order valence-corrected chi connectivity index (χ4v) is 12.0. The van der Waals surface area contributed by atoms with Gasteiger partial charge in [0.05, 0.1) is 16.5 Å². The van der Waals surface area contributed by atoms with Gasteiger partial charge in [-0.1, -0.05) is 249 Å². The molecule has 0 amide bonds. The molecule has 0 atom stereocenters. The predicted octanol–water partition coefficient (Wildman–Crippen LogP) is 17.2. The Hall–Kier alpha value is -8.78. The van der Waals surface area contributed by atoms with Crippen molar-refractivity contribution >= 4 is 17.1 Å². The van der Waals surface area contributed by atoms with E-state index in [-0.39, 0.29) is 0 Å². The lowest BCUT2D eigenvalue weighted by molar-refractivity contribution is 0.766. The van der Waals surface area contributed by atoms with Crippen LogP contribution >= 0.6 is 0 Å². The molecule has 11 aromatic carbocycles. The molecule has 0 fully saturated rings. The largest absolute Gasteiger partial charge is 0.310 e. The highest BCUT2D eigenvalue weighted by molar-refractivity contribution is 5.95. The number of hydrogen-bond acceptors (Lipinski definition) is 1. The quantitative estimate of drug-likeness (QED) is 0.140. The summed E-state index contributed by atoms with van der Waals surface area (Å²) < 4.78 is 0. The van der Waals surface area contributed by atoms with Crippen LogP contribution in [0.25, 0.3) is 44.5 Å². The van der Waals surface area contributed by atoms with Crippen molar-refractivity contribution < 1.29 is 0 Å². The third-order valence-corrected chi connectivity index (χ3v) is 14.8. The molecule has 0 unspecified atom stereocenters. The van der Waals surface area contributed by atoms with Crippen LogP contribution in [-0.4, -0.2) is 0 Å². The molecule has 2 aliphatic carbocycles. The first-order valence-corrected chi connectivity index (χ1v) is 24.0. The molecule has 0 N–H and O–H groups in total. The van der Waals surface area contributed by atoms with Crippen molar-refractivity contribution in [1.82, 2.24) is 0 Å². The minimum Gasteiger partial charge on any atom is -0.310 e. The predicted molar refractivity (Wildman–Crippen MR) is 287 cm³/mol. The van der Waals surface area contributed by atoms with Gasteiger partial charge in [0.25, 0.3) is 0 Å². The van der Waals surface area contributed by atoms with Crippen LogP contribution in [0.4, 0.5) is 17.1 Å². The molecule has 0 radical (unpaired) electrons. The molecule has 1 nitrogen and oxygen atoms in total. The van der Waals surface area contributed by atoms with Crippen molar-refractivity contribution in [2.24, 2.45) is 0 Å². The molecular weight excluding hydrogens is 831 g/mol. The summed E-state index contributed by atoms with van der Waals surface area (Å²) in [6.07, 6.45) is 0. The van der Waals surface area contributed by atoms with E-state index < -0.39 is 10.8 Å². The zero-order valence-corrected chi connectivity index (χ0v) is 38.1. The summed E-state index contributed by atoms with van der Waals surface area (Å²) in [6, 6.07) is 106. The van der Waals surface area contributed by atoms with Gasteiger partial charge in [0.1, 0.15) is 0 Å². The van der Waals surface area contributed by atoms with Crippen LogP contribution < -0.4 is 4.90 Å². The number of fused-ring (bicyclic) bond motifs is 6. The summed E-state index contributed by atoms with van der Waals surface area (Å²) in [5, 5.41) is 0. The molecule has 69 heavy (non-hydrogen) atoms. The Balaban J connectivity index is 1.07. The Labute approximate surface area is 404 Å². The Morgan fingerprint density at radius 2 is 0.609 bits per heavy atom. The molecule has 0 bridgehead atoms. The summed E-state index contributed by atoms with van der Waals surface area (Å²) in [7, 11) is 0. The van der Waals surface area contributed by atoms with E-state index in [9.17, 15) is 0 Å². The van der Waals surface area contributed by atoms with Gasteiger partial charge in [-0.3, -0.25) is 0 Å². The Morgan fingerprint density at radius 3 is 1.17 bits per heavy atom. The smallest absolute Gasteiger partial charge is 0.0734 e. The molecule has 0 saturated carbocycles. The van der Waals surface area contributed by atoms with Crippen LogP contribution in [0.2, 0.25) is 0 Å². The molecule has 0 aliphatic heterocycles. The van der Waals surface area contributed by atoms with E-state index in [1.807, 2.05) is 0 Å². The summed E-state index contributed by atoms with van der Waals surface area (Å²) in [4.78, 5) is 2.52. The highest BCUT2D eigenvalue weighted by atomic mass is 15.1. The number of nitrogens with zero attached hydrogens (tertiary/aromatic N) is 1. The van der Waals surface area contributed by atoms with Crippen LogP contribution in [-0.2, 0) is 10.8 Å². The lowest BCUT2D eigenvalue weighted by atomic mass is 9.67. The first kappa shape index (κ1) is 40.5. The van der Waals surface area contributed by atoms with Crippen LogP contribution in [0.1, 0.15) is 44.5 Å². The number of benzene rings is 11. The van der Waals surface area contributed by atoms with Gasteiger partial charge in [0, 0.05) is 16.9 Å². The van der Waals surface area contributed by atoms with Gasteiger partial charge in [0.2, 0.25) is 0 Å². The average molecular weight is 878 g/mol. The number of rotatable bonds is 9. The Morgan fingerprint density at radius 1 is 0.232 bits per heavy atom. The molecule has 0 spiro atoms. The second kappa shape index (κ2) is 16.5. The molecule has 1 heteroatoms. The standard InChI is InChI=1S/C68H47N/c1-5-22-48(23-6-1)49-24-19-25-50(46-49)51-26-20-33-57(47-51)69(56-44-42-55(43-45-56)67(52-27-7-2-8-28-52)62-38-16-13-34-58(62)59-35-14-17-39-63(59)67)65-41-21-37-61-60-36-15-18-40-64(60)68(66(61)65,53-29-9-3-10-30-53)54-31-11-4-12-32-54/h1-47H. The van der Waals surface area contributed by atoms with Crippen molar-refractivity contribution in [1.29, 1.82) is 0 Å². The highest BCUT2D eigenvalue weighted by Gasteiger charge is 2.49. The number of anilines is 3. The Bertz CT molecular complexity index is 3570. The molecule has 0 aromatic heterocycles. The fourth-order valence-electron chi connectivity index (χ4n) is 12.0. The SMILES string of the molecule is c1ccc(-c2cccc(-c3cccc(N(c4ccc(C5(c6ccccc6)c6ccccc6-c6ccccc65)cc4)c4cccc5c4C(c4ccccc4)(c4ccccc4)c4ccccc4-5)c3)c2)cc1. The van der Waals surface area contributed by atoms with Gasteiger partial charge in [0.15, 0.2) is 0 Å². The molecule has 2 aliphatic rings. The van der Waals surface area contributed by atoms with Gasteiger partial charge in [-0.2, -0.15) is 0 Å².